The Hall–Kier alpha value is -0.350. The van der Waals surface area contributed by atoms with Gasteiger partial charge in [0.1, 0.15) is 0 Å². The Labute approximate surface area is 95.2 Å². The first kappa shape index (κ1) is 12.7. The van der Waals surface area contributed by atoms with Gasteiger partial charge in [-0.1, -0.05) is 18.2 Å². The maximum absolute atomic E-state index is 11.8. The van der Waals surface area contributed by atoms with Crippen LogP contribution in [0.25, 0.3) is 0 Å². The van der Waals surface area contributed by atoms with E-state index in [4.69, 9.17) is 0 Å². The van der Waals surface area contributed by atoms with Crippen molar-refractivity contribution in [3.05, 3.63) is 33.9 Å². The van der Waals surface area contributed by atoms with Gasteiger partial charge in [-0.3, -0.25) is 0 Å². The van der Waals surface area contributed by atoms with Crippen LogP contribution in [0.5, 0.6) is 0 Å². The van der Waals surface area contributed by atoms with Gasteiger partial charge in [-0.25, -0.2) is 0 Å². The SMILES string of the molecule is O=S(=O)(O[I+]c1ccccc1)C(F)(F)F. The molecule has 0 bridgehead atoms. The van der Waals surface area contributed by atoms with Crippen LogP contribution in [0.15, 0.2) is 30.3 Å². The van der Waals surface area contributed by atoms with E-state index in [0.29, 0.717) is 3.57 Å². The highest BCUT2D eigenvalue weighted by atomic mass is 127. The van der Waals surface area contributed by atoms with Crippen molar-refractivity contribution in [3.63, 3.8) is 0 Å². The van der Waals surface area contributed by atoms with Crippen LogP contribution >= 0.6 is 0 Å². The summed E-state index contributed by atoms with van der Waals surface area (Å²) in [6.07, 6.45) is 0. The van der Waals surface area contributed by atoms with E-state index in [9.17, 15) is 21.6 Å². The van der Waals surface area contributed by atoms with Crippen molar-refractivity contribution >= 4 is 10.1 Å². The maximum atomic E-state index is 11.8. The van der Waals surface area contributed by atoms with E-state index in [1.54, 1.807) is 18.2 Å². The lowest BCUT2D eigenvalue weighted by Crippen LogP contribution is -3.62. The average molecular weight is 353 g/mol. The third kappa shape index (κ3) is 3.61. The zero-order valence-corrected chi connectivity index (χ0v) is 10.0. The molecule has 0 aromatic heterocycles. The number of hydrogen-bond acceptors (Lipinski definition) is 3. The number of rotatable bonds is 3. The van der Waals surface area contributed by atoms with Crippen LogP contribution in [0.1, 0.15) is 0 Å². The molecule has 0 aliphatic heterocycles. The molecule has 0 saturated carbocycles. The standard InChI is InChI=1S/C7H5F3IO3S/c8-7(9,10)15(12,13)14-11-6-4-2-1-3-5-6/h1-5H/q+1. The average Bonchev–Trinajstić information content (AvgIpc) is 2.15. The Morgan fingerprint density at radius 2 is 1.67 bits per heavy atom. The molecule has 0 atom stereocenters. The summed E-state index contributed by atoms with van der Waals surface area (Å²) in [5, 5.41) is 0. The minimum atomic E-state index is -5.45. The molecule has 3 nitrogen and oxygen atoms in total. The molecule has 0 N–H and O–H groups in total. The Morgan fingerprint density at radius 3 is 2.13 bits per heavy atom. The third-order valence-corrected chi connectivity index (χ3v) is 5.20. The molecule has 0 amide bonds. The molecule has 0 saturated heterocycles. The molecule has 0 fully saturated rings. The summed E-state index contributed by atoms with van der Waals surface area (Å²) in [7, 11) is -5.45. The number of benzene rings is 1. The second-order valence-electron chi connectivity index (χ2n) is 2.34. The van der Waals surface area contributed by atoms with Crippen molar-refractivity contribution in [2.24, 2.45) is 0 Å². The molecule has 15 heavy (non-hydrogen) atoms. The first-order valence-electron chi connectivity index (χ1n) is 3.53. The largest absolute Gasteiger partial charge is 0.540 e. The Balaban J connectivity index is 2.67. The quantitative estimate of drug-likeness (QED) is 0.503. The summed E-state index contributed by atoms with van der Waals surface area (Å²) in [5.74, 6) is 0. The van der Waals surface area contributed by atoms with E-state index in [2.05, 4.69) is 2.51 Å². The minimum Gasteiger partial charge on any atom is -0.186 e. The van der Waals surface area contributed by atoms with Crippen LogP contribution in [0.4, 0.5) is 13.2 Å². The van der Waals surface area contributed by atoms with Gasteiger partial charge in [0.15, 0.2) is 0 Å². The molecule has 84 valence electrons. The molecule has 0 radical (unpaired) electrons. The lowest BCUT2D eigenvalue weighted by Gasteiger charge is -1.99. The summed E-state index contributed by atoms with van der Waals surface area (Å²) in [6.45, 7) is 0. The van der Waals surface area contributed by atoms with Gasteiger partial charge in [-0.05, 0) is 12.1 Å². The highest BCUT2D eigenvalue weighted by Crippen LogP contribution is 2.22. The molecule has 0 spiro atoms. The zero-order chi connectivity index (χ0) is 11.5. The molecule has 0 aliphatic rings. The number of hydrogen-bond donors (Lipinski definition) is 0. The van der Waals surface area contributed by atoms with E-state index in [1.165, 1.54) is 12.1 Å². The highest BCUT2D eigenvalue weighted by Gasteiger charge is 2.51. The van der Waals surface area contributed by atoms with Gasteiger partial charge in [0, 0.05) is 2.51 Å². The van der Waals surface area contributed by atoms with Gasteiger partial charge in [0.05, 0.1) is 0 Å². The summed E-state index contributed by atoms with van der Waals surface area (Å²) in [6, 6.07) is 7.89. The molecule has 1 aromatic rings. The number of alkyl halides is 3. The van der Waals surface area contributed by atoms with Crippen molar-refractivity contribution in [3.8, 4) is 0 Å². The number of halogens is 4. The van der Waals surface area contributed by atoms with Gasteiger partial charge in [0.25, 0.3) is 0 Å². The van der Waals surface area contributed by atoms with Crippen molar-refractivity contribution < 1.29 is 45.7 Å². The second kappa shape index (κ2) is 4.66. The summed E-state index contributed by atoms with van der Waals surface area (Å²) in [5.41, 5.74) is -5.35. The van der Waals surface area contributed by atoms with Gasteiger partial charge in [0.2, 0.25) is 3.57 Å². The topological polar surface area (TPSA) is 43.4 Å². The first-order chi connectivity index (χ1) is 6.83. The maximum Gasteiger partial charge on any atom is 0.540 e. The fourth-order valence-corrected chi connectivity index (χ4v) is 3.46. The monoisotopic (exact) mass is 353 g/mol. The molecule has 0 heterocycles. The van der Waals surface area contributed by atoms with Crippen LogP contribution in [-0.4, -0.2) is 13.9 Å². The van der Waals surface area contributed by atoms with Crippen LogP contribution in [0, 0.1) is 3.57 Å². The Bertz CT molecular complexity index is 415. The van der Waals surface area contributed by atoms with Crippen LogP contribution in [-0.2, 0) is 12.6 Å². The Kier molecular flexibility index (Phi) is 3.95. The summed E-state index contributed by atoms with van der Waals surface area (Å²) in [4.78, 5) is 0. The third-order valence-electron chi connectivity index (χ3n) is 1.22. The molecular weight excluding hydrogens is 348 g/mol. The summed E-state index contributed by atoms with van der Waals surface area (Å²) >= 11 is -1.64. The molecule has 0 aliphatic carbocycles. The van der Waals surface area contributed by atoms with Crippen molar-refractivity contribution in [1.82, 2.24) is 0 Å². The highest BCUT2D eigenvalue weighted by molar-refractivity contribution is 7.87. The van der Waals surface area contributed by atoms with Gasteiger partial charge in [-0.15, -0.1) is 0 Å². The fourth-order valence-electron chi connectivity index (χ4n) is 0.580. The predicted molar refractivity (Wildman–Crippen MR) is 41.2 cm³/mol. The van der Waals surface area contributed by atoms with E-state index < -0.39 is 37.2 Å². The normalized spacial score (nSPS) is 12.7. The fraction of sp³-hybridized carbons (Fsp3) is 0.143. The van der Waals surface area contributed by atoms with Crippen LogP contribution in [0.2, 0.25) is 0 Å². The van der Waals surface area contributed by atoms with Crippen molar-refractivity contribution in [2.75, 3.05) is 0 Å². The van der Waals surface area contributed by atoms with E-state index in [1.807, 2.05) is 0 Å². The van der Waals surface area contributed by atoms with Gasteiger partial charge >= 0.3 is 37.2 Å². The molecule has 8 heteroatoms. The van der Waals surface area contributed by atoms with E-state index in [0.717, 1.165) is 0 Å². The molecule has 0 unspecified atom stereocenters. The Morgan fingerprint density at radius 1 is 1.13 bits per heavy atom. The van der Waals surface area contributed by atoms with E-state index in [-0.39, 0.29) is 0 Å². The van der Waals surface area contributed by atoms with Gasteiger partial charge < -0.3 is 0 Å². The molecule has 1 rings (SSSR count). The smallest absolute Gasteiger partial charge is 0.186 e. The van der Waals surface area contributed by atoms with Crippen molar-refractivity contribution in [2.45, 2.75) is 5.51 Å². The van der Waals surface area contributed by atoms with Crippen LogP contribution in [0.3, 0.4) is 0 Å². The molecule has 1 aromatic carbocycles. The lowest BCUT2D eigenvalue weighted by atomic mass is 10.4. The van der Waals surface area contributed by atoms with Gasteiger partial charge in [-0.2, -0.15) is 21.6 Å². The van der Waals surface area contributed by atoms with E-state index >= 15 is 0 Å². The first-order valence-corrected chi connectivity index (χ1v) is 6.89. The summed E-state index contributed by atoms with van der Waals surface area (Å²) < 4.78 is 60.9. The minimum absolute atomic E-state index is 0.462. The molecular formula is C7H5F3IO3S+. The second-order valence-corrected chi connectivity index (χ2v) is 6.60. The lowest BCUT2D eigenvalue weighted by molar-refractivity contribution is -0.838. The zero-order valence-electron chi connectivity index (χ0n) is 7.03. The van der Waals surface area contributed by atoms with Crippen molar-refractivity contribution in [1.29, 1.82) is 0 Å². The predicted octanol–water partition coefficient (Wildman–Crippen LogP) is -1.27. The van der Waals surface area contributed by atoms with Crippen LogP contribution < -0.4 is 21.6 Å².